The van der Waals surface area contributed by atoms with Crippen molar-refractivity contribution in [3.63, 3.8) is 0 Å². The second kappa shape index (κ2) is 3.89. The summed E-state index contributed by atoms with van der Waals surface area (Å²) in [7, 11) is 0. The Hall–Kier alpha value is -1.33. The molecule has 1 aromatic rings. The lowest BCUT2D eigenvalue weighted by Crippen LogP contribution is -2.02. The van der Waals surface area contributed by atoms with E-state index in [0.717, 1.165) is 0 Å². The van der Waals surface area contributed by atoms with E-state index in [1.54, 1.807) is 24.3 Å². The largest absolute Gasteiger partial charge is 0.293 e. The fraction of sp³-hybridized carbons (Fsp3) is 0.111. The molecule has 3 heteroatoms. The summed E-state index contributed by atoms with van der Waals surface area (Å²) < 4.78 is 0. The number of nitrogens with zero attached hydrogens (tertiary/aromatic N) is 1. The van der Waals surface area contributed by atoms with Crippen molar-refractivity contribution in [1.29, 1.82) is 5.26 Å². The van der Waals surface area contributed by atoms with Gasteiger partial charge in [0.05, 0.1) is 17.5 Å². The Morgan fingerprint density at radius 2 is 2.17 bits per heavy atom. The fourth-order valence-corrected chi connectivity index (χ4v) is 1.04. The molecule has 0 radical (unpaired) electrons. The van der Waals surface area contributed by atoms with Crippen LogP contribution in [0.4, 0.5) is 0 Å². The molecule has 0 aliphatic carbocycles. The van der Waals surface area contributed by atoms with Crippen LogP contribution in [0.15, 0.2) is 24.3 Å². The standard InChI is InChI=1S/C9H6ClNO/c10-5-9(12)8-4-2-1-3-7(8)6-11/h1-4H,5H2. The molecule has 0 spiro atoms. The lowest BCUT2D eigenvalue weighted by molar-refractivity contribution is 0.102. The van der Waals surface area contributed by atoms with Gasteiger partial charge in [-0.3, -0.25) is 4.79 Å². The van der Waals surface area contributed by atoms with Gasteiger partial charge in [0, 0.05) is 5.56 Å². The molecule has 2 nitrogen and oxygen atoms in total. The molecule has 0 amide bonds. The number of carbonyl (C=O) groups excluding carboxylic acids is 1. The normalized spacial score (nSPS) is 9.00. The SMILES string of the molecule is N#Cc1ccccc1C(=O)CCl. The summed E-state index contributed by atoms with van der Waals surface area (Å²) >= 11 is 5.36. The topological polar surface area (TPSA) is 40.9 Å². The monoisotopic (exact) mass is 179 g/mol. The average Bonchev–Trinajstić information content (AvgIpc) is 2.16. The first-order valence-electron chi connectivity index (χ1n) is 3.38. The number of rotatable bonds is 2. The Bertz CT molecular complexity index is 341. The van der Waals surface area contributed by atoms with Crippen LogP contribution in [0.5, 0.6) is 0 Å². The van der Waals surface area contributed by atoms with Crippen molar-refractivity contribution in [2.24, 2.45) is 0 Å². The molecule has 0 fully saturated rings. The van der Waals surface area contributed by atoms with Gasteiger partial charge in [-0.2, -0.15) is 5.26 Å². The van der Waals surface area contributed by atoms with E-state index in [4.69, 9.17) is 16.9 Å². The number of halogens is 1. The molecule has 1 rings (SSSR count). The van der Waals surface area contributed by atoms with E-state index < -0.39 is 0 Å². The maximum atomic E-state index is 11.1. The van der Waals surface area contributed by atoms with E-state index in [1.165, 1.54) is 0 Å². The molecule has 1 aromatic carbocycles. The van der Waals surface area contributed by atoms with Crippen molar-refractivity contribution in [1.82, 2.24) is 0 Å². The summed E-state index contributed by atoms with van der Waals surface area (Å²) in [5, 5.41) is 8.62. The van der Waals surface area contributed by atoms with E-state index in [-0.39, 0.29) is 11.7 Å². The Balaban J connectivity index is 3.16. The van der Waals surface area contributed by atoms with Crippen LogP contribution < -0.4 is 0 Å². The van der Waals surface area contributed by atoms with Crippen LogP contribution in [-0.2, 0) is 0 Å². The first kappa shape index (κ1) is 8.76. The number of hydrogen-bond acceptors (Lipinski definition) is 2. The van der Waals surface area contributed by atoms with Crippen molar-refractivity contribution in [3.8, 4) is 6.07 Å². The third-order valence-electron chi connectivity index (χ3n) is 1.47. The Morgan fingerprint density at radius 3 is 2.75 bits per heavy atom. The summed E-state index contributed by atoms with van der Waals surface area (Å²) in [5.74, 6) is -0.299. The van der Waals surface area contributed by atoms with Crippen LogP contribution in [-0.4, -0.2) is 11.7 Å². The molecular weight excluding hydrogens is 174 g/mol. The zero-order valence-electron chi connectivity index (χ0n) is 6.25. The highest BCUT2D eigenvalue weighted by Crippen LogP contribution is 2.08. The van der Waals surface area contributed by atoms with Crippen LogP contribution in [0.3, 0.4) is 0 Å². The molecule has 0 saturated heterocycles. The molecule has 0 aliphatic rings. The summed E-state index contributed by atoms with van der Waals surface area (Å²) in [6.45, 7) is 0. The van der Waals surface area contributed by atoms with E-state index in [9.17, 15) is 4.79 Å². The van der Waals surface area contributed by atoms with E-state index in [0.29, 0.717) is 11.1 Å². The highest BCUT2D eigenvalue weighted by Gasteiger charge is 2.07. The second-order valence-electron chi connectivity index (χ2n) is 2.21. The lowest BCUT2D eigenvalue weighted by Gasteiger charge is -1.97. The first-order valence-corrected chi connectivity index (χ1v) is 3.91. The summed E-state index contributed by atoms with van der Waals surface area (Å²) in [4.78, 5) is 11.1. The third kappa shape index (κ3) is 1.63. The number of carbonyl (C=O) groups is 1. The molecule has 0 saturated carbocycles. The zero-order valence-corrected chi connectivity index (χ0v) is 7.01. The molecule has 0 heterocycles. The number of ketones is 1. The highest BCUT2D eigenvalue weighted by molar-refractivity contribution is 6.30. The molecule has 60 valence electrons. The van der Waals surface area contributed by atoms with Gasteiger partial charge in [-0.1, -0.05) is 18.2 Å². The lowest BCUT2D eigenvalue weighted by atomic mass is 10.1. The number of Topliss-reactive ketones (excluding diaryl/α,β-unsaturated/α-hetero) is 1. The van der Waals surface area contributed by atoms with Crippen LogP contribution >= 0.6 is 11.6 Å². The minimum absolute atomic E-state index is 0.0846. The number of nitriles is 1. The third-order valence-corrected chi connectivity index (χ3v) is 1.71. The predicted octanol–water partition coefficient (Wildman–Crippen LogP) is 1.98. The minimum atomic E-state index is -0.214. The van der Waals surface area contributed by atoms with Crippen LogP contribution in [0.25, 0.3) is 0 Å². The molecular formula is C9H6ClNO. The van der Waals surface area contributed by atoms with Gasteiger partial charge < -0.3 is 0 Å². The smallest absolute Gasteiger partial charge is 0.178 e. The van der Waals surface area contributed by atoms with E-state index in [1.807, 2.05) is 6.07 Å². The predicted molar refractivity (Wildman–Crippen MR) is 46.2 cm³/mol. The number of benzene rings is 1. The molecule has 0 aliphatic heterocycles. The van der Waals surface area contributed by atoms with E-state index >= 15 is 0 Å². The second-order valence-corrected chi connectivity index (χ2v) is 2.48. The van der Waals surface area contributed by atoms with Gasteiger partial charge in [0.1, 0.15) is 0 Å². The molecule has 12 heavy (non-hydrogen) atoms. The quantitative estimate of drug-likeness (QED) is 0.515. The van der Waals surface area contributed by atoms with Crippen LogP contribution in [0, 0.1) is 11.3 Å². The van der Waals surface area contributed by atoms with Crippen molar-refractivity contribution in [2.75, 3.05) is 5.88 Å². The highest BCUT2D eigenvalue weighted by atomic mass is 35.5. The molecule has 0 atom stereocenters. The molecule has 0 unspecified atom stereocenters. The average molecular weight is 180 g/mol. The van der Waals surface area contributed by atoms with Crippen molar-refractivity contribution in [2.45, 2.75) is 0 Å². The minimum Gasteiger partial charge on any atom is -0.293 e. The first-order chi connectivity index (χ1) is 5.79. The van der Waals surface area contributed by atoms with Gasteiger partial charge >= 0.3 is 0 Å². The van der Waals surface area contributed by atoms with Gasteiger partial charge in [0.25, 0.3) is 0 Å². The van der Waals surface area contributed by atoms with Crippen LogP contribution in [0.1, 0.15) is 15.9 Å². The summed E-state index contributed by atoms with van der Waals surface area (Å²) in [5.41, 5.74) is 0.776. The molecule has 0 aromatic heterocycles. The number of alkyl halides is 1. The van der Waals surface area contributed by atoms with E-state index in [2.05, 4.69) is 0 Å². The van der Waals surface area contributed by atoms with Gasteiger partial charge in [0.15, 0.2) is 5.78 Å². The summed E-state index contributed by atoms with van der Waals surface area (Å²) in [6, 6.07) is 8.55. The Kier molecular flexibility index (Phi) is 2.84. The van der Waals surface area contributed by atoms with Crippen molar-refractivity contribution in [3.05, 3.63) is 35.4 Å². The molecule has 0 bridgehead atoms. The Morgan fingerprint density at radius 1 is 1.50 bits per heavy atom. The van der Waals surface area contributed by atoms with Crippen molar-refractivity contribution >= 4 is 17.4 Å². The van der Waals surface area contributed by atoms with Gasteiger partial charge in [-0.25, -0.2) is 0 Å². The van der Waals surface area contributed by atoms with Crippen LogP contribution in [0.2, 0.25) is 0 Å². The maximum absolute atomic E-state index is 11.1. The maximum Gasteiger partial charge on any atom is 0.178 e. The van der Waals surface area contributed by atoms with Gasteiger partial charge in [-0.15, -0.1) is 11.6 Å². The zero-order chi connectivity index (χ0) is 8.97. The Labute approximate surface area is 75.4 Å². The molecule has 0 N–H and O–H groups in total. The fourth-order valence-electron chi connectivity index (χ4n) is 0.896. The number of hydrogen-bond donors (Lipinski definition) is 0. The van der Waals surface area contributed by atoms with Gasteiger partial charge in [0.2, 0.25) is 0 Å². The van der Waals surface area contributed by atoms with Gasteiger partial charge in [-0.05, 0) is 6.07 Å². The van der Waals surface area contributed by atoms with Crippen molar-refractivity contribution < 1.29 is 4.79 Å². The summed E-state index contributed by atoms with van der Waals surface area (Å²) in [6.07, 6.45) is 0.